The van der Waals surface area contributed by atoms with E-state index in [1.165, 1.54) is 31.0 Å². The van der Waals surface area contributed by atoms with Crippen LogP contribution >= 0.6 is 8.15 Å². The first-order valence-corrected chi connectivity index (χ1v) is 8.62. The van der Waals surface area contributed by atoms with Gasteiger partial charge in [0.2, 0.25) is 0 Å². The second-order valence-electron chi connectivity index (χ2n) is 5.46. The maximum atomic E-state index is 5.84. The fraction of sp³-hybridized carbons (Fsp3) is 0.600. The maximum absolute atomic E-state index is 5.84. The lowest BCUT2D eigenvalue weighted by Gasteiger charge is -2.18. The van der Waals surface area contributed by atoms with Crippen LogP contribution in [0.5, 0.6) is 0 Å². The highest BCUT2D eigenvalue weighted by Crippen LogP contribution is 2.52. The molecule has 2 nitrogen and oxygen atoms in total. The standard InChI is InChI=1S/C15H22NOP/c1-2-17-18-11-14-9-16(10-15(14)12-18)8-13-6-4-3-5-7-13/h3-7,14-15H,2,8-12H2,1H3/t14-,15+,18?. The summed E-state index contributed by atoms with van der Waals surface area (Å²) in [5.41, 5.74) is 1.45. The highest BCUT2D eigenvalue weighted by molar-refractivity contribution is 7.52. The second-order valence-corrected chi connectivity index (χ2v) is 7.42. The third-order valence-electron chi connectivity index (χ3n) is 4.09. The number of hydrogen-bond acceptors (Lipinski definition) is 2. The highest BCUT2D eigenvalue weighted by Gasteiger charge is 2.41. The van der Waals surface area contributed by atoms with Gasteiger partial charge in [-0.05, 0) is 36.6 Å². The van der Waals surface area contributed by atoms with Crippen LogP contribution in [0.2, 0.25) is 0 Å². The zero-order valence-corrected chi connectivity index (χ0v) is 12.0. The lowest BCUT2D eigenvalue weighted by atomic mass is 10.0. The molecule has 0 aromatic heterocycles. The summed E-state index contributed by atoms with van der Waals surface area (Å²) in [6.07, 6.45) is 2.69. The molecule has 0 N–H and O–H groups in total. The molecule has 2 fully saturated rings. The van der Waals surface area contributed by atoms with E-state index in [0.717, 1.165) is 25.0 Å². The molecule has 2 aliphatic heterocycles. The molecule has 1 aromatic rings. The number of rotatable bonds is 4. The summed E-state index contributed by atoms with van der Waals surface area (Å²) in [5, 5.41) is 0. The van der Waals surface area contributed by atoms with Gasteiger partial charge in [-0.1, -0.05) is 30.3 Å². The molecule has 3 rings (SSSR count). The molecule has 2 aliphatic rings. The maximum Gasteiger partial charge on any atom is 0.0480 e. The van der Waals surface area contributed by atoms with Gasteiger partial charge in [0, 0.05) is 34.4 Å². The van der Waals surface area contributed by atoms with Crippen LogP contribution in [0, 0.1) is 11.8 Å². The van der Waals surface area contributed by atoms with Gasteiger partial charge in [-0.15, -0.1) is 0 Å². The molecular formula is C15H22NOP. The summed E-state index contributed by atoms with van der Waals surface area (Å²) >= 11 is 0. The van der Waals surface area contributed by atoms with Crippen LogP contribution in [0.1, 0.15) is 12.5 Å². The molecule has 18 heavy (non-hydrogen) atoms. The Hall–Kier alpha value is -0.430. The summed E-state index contributed by atoms with van der Waals surface area (Å²) in [6.45, 7) is 6.72. The van der Waals surface area contributed by atoms with Crippen LogP contribution in [0.4, 0.5) is 0 Å². The highest BCUT2D eigenvalue weighted by atomic mass is 31.1. The molecule has 1 aromatic carbocycles. The predicted octanol–water partition coefficient (Wildman–Crippen LogP) is 3.18. The summed E-state index contributed by atoms with van der Waals surface area (Å²) < 4.78 is 5.84. The van der Waals surface area contributed by atoms with Crippen molar-refractivity contribution in [2.45, 2.75) is 13.5 Å². The fourth-order valence-corrected chi connectivity index (χ4v) is 5.90. The molecule has 0 spiro atoms. The van der Waals surface area contributed by atoms with Crippen molar-refractivity contribution in [2.24, 2.45) is 11.8 Å². The molecule has 3 heteroatoms. The Morgan fingerprint density at radius 2 is 1.83 bits per heavy atom. The molecule has 0 radical (unpaired) electrons. The number of nitrogens with zero attached hydrogens (tertiary/aromatic N) is 1. The van der Waals surface area contributed by atoms with Crippen molar-refractivity contribution in [3.8, 4) is 0 Å². The van der Waals surface area contributed by atoms with Gasteiger partial charge in [0.05, 0.1) is 0 Å². The number of hydrogen-bond donors (Lipinski definition) is 0. The number of benzene rings is 1. The first-order chi connectivity index (χ1) is 8.85. The smallest absolute Gasteiger partial charge is 0.0480 e. The van der Waals surface area contributed by atoms with Crippen LogP contribution in [0.25, 0.3) is 0 Å². The van der Waals surface area contributed by atoms with Crippen LogP contribution in [-0.4, -0.2) is 36.9 Å². The first kappa shape index (κ1) is 12.6. The van der Waals surface area contributed by atoms with Gasteiger partial charge in [0.15, 0.2) is 0 Å². The Labute approximate surface area is 111 Å². The normalized spacial score (nSPS) is 31.7. The van der Waals surface area contributed by atoms with Crippen molar-refractivity contribution in [2.75, 3.05) is 32.0 Å². The molecule has 0 bridgehead atoms. The summed E-state index contributed by atoms with van der Waals surface area (Å²) in [4.78, 5) is 2.63. The van der Waals surface area contributed by atoms with Crippen LogP contribution in [0.3, 0.4) is 0 Å². The molecule has 2 saturated heterocycles. The van der Waals surface area contributed by atoms with Crippen molar-refractivity contribution in [1.29, 1.82) is 0 Å². The Balaban J connectivity index is 1.53. The Morgan fingerprint density at radius 3 is 2.44 bits per heavy atom. The Morgan fingerprint density at radius 1 is 1.17 bits per heavy atom. The van der Waals surface area contributed by atoms with E-state index >= 15 is 0 Å². The molecule has 0 aliphatic carbocycles. The van der Waals surface area contributed by atoms with Crippen molar-refractivity contribution in [3.63, 3.8) is 0 Å². The van der Waals surface area contributed by atoms with E-state index in [2.05, 4.69) is 42.2 Å². The van der Waals surface area contributed by atoms with Gasteiger partial charge in [-0.2, -0.15) is 0 Å². The third kappa shape index (κ3) is 2.77. The van der Waals surface area contributed by atoms with E-state index in [1.807, 2.05) is 0 Å². The van der Waals surface area contributed by atoms with Gasteiger partial charge in [-0.25, -0.2) is 0 Å². The van der Waals surface area contributed by atoms with Crippen molar-refractivity contribution < 1.29 is 4.52 Å². The number of fused-ring (bicyclic) bond motifs is 1. The topological polar surface area (TPSA) is 12.5 Å². The minimum atomic E-state index is -0.0834. The summed E-state index contributed by atoms with van der Waals surface area (Å²) in [5.74, 6) is 1.82. The molecular weight excluding hydrogens is 241 g/mol. The van der Waals surface area contributed by atoms with Crippen molar-refractivity contribution in [3.05, 3.63) is 35.9 Å². The lowest BCUT2D eigenvalue weighted by Crippen LogP contribution is -2.21. The van der Waals surface area contributed by atoms with Crippen molar-refractivity contribution in [1.82, 2.24) is 4.90 Å². The minimum absolute atomic E-state index is 0.0834. The summed E-state index contributed by atoms with van der Waals surface area (Å²) in [6, 6.07) is 10.8. The van der Waals surface area contributed by atoms with E-state index in [-0.39, 0.29) is 8.15 Å². The average molecular weight is 263 g/mol. The molecule has 98 valence electrons. The monoisotopic (exact) mass is 263 g/mol. The second kappa shape index (κ2) is 5.69. The van der Waals surface area contributed by atoms with Crippen LogP contribution < -0.4 is 0 Å². The van der Waals surface area contributed by atoms with E-state index in [0.29, 0.717) is 0 Å². The SMILES string of the molecule is CCOP1C[C@H]2CN(Cc3ccccc3)C[C@H]2C1. The molecule has 0 saturated carbocycles. The zero-order chi connectivity index (χ0) is 12.4. The Bertz CT molecular complexity index is 369. The van der Waals surface area contributed by atoms with Crippen LogP contribution in [0.15, 0.2) is 30.3 Å². The first-order valence-electron chi connectivity index (χ1n) is 6.99. The van der Waals surface area contributed by atoms with E-state index in [9.17, 15) is 0 Å². The average Bonchev–Trinajstić information content (AvgIpc) is 2.88. The molecule has 1 unspecified atom stereocenters. The summed E-state index contributed by atoms with van der Waals surface area (Å²) in [7, 11) is -0.0834. The lowest BCUT2D eigenvalue weighted by molar-refractivity contribution is 0.312. The zero-order valence-electron chi connectivity index (χ0n) is 11.1. The van der Waals surface area contributed by atoms with Gasteiger partial charge in [-0.3, -0.25) is 4.90 Å². The molecule has 2 heterocycles. The fourth-order valence-electron chi connectivity index (χ4n) is 3.31. The van der Waals surface area contributed by atoms with E-state index in [4.69, 9.17) is 4.52 Å². The quantitative estimate of drug-likeness (QED) is 0.774. The molecule has 3 atom stereocenters. The van der Waals surface area contributed by atoms with Gasteiger partial charge < -0.3 is 4.52 Å². The predicted molar refractivity (Wildman–Crippen MR) is 77.0 cm³/mol. The van der Waals surface area contributed by atoms with Gasteiger partial charge in [0.1, 0.15) is 0 Å². The third-order valence-corrected chi connectivity index (χ3v) is 6.46. The Kier molecular flexibility index (Phi) is 3.98. The van der Waals surface area contributed by atoms with E-state index in [1.54, 1.807) is 0 Å². The number of likely N-dealkylation sites (tertiary alicyclic amines) is 1. The largest absolute Gasteiger partial charge is 0.359 e. The van der Waals surface area contributed by atoms with E-state index < -0.39 is 0 Å². The van der Waals surface area contributed by atoms with Crippen LogP contribution in [-0.2, 0) is 11.1 Å². The van der Waals surface area contributed by atoms with Crippen molar-refractivity contribution >= 4 is 8.15 Å². The molecule has 0 amide bonds. The van der Waals surface area contributed by atoms with Gasteiger partial charge >= 0.3 is 0 Å². The minimum Gasteiger partial charge on any atom is -0.359 e. The van der Waals surface area contributed by atoms with Gasteiger partial charge in [0.25, 0.3) is 0 Å².